The third kappa shape index (κ3) is 5.69. The van der Waals surface area contributed by atoms with Crippen LogP contribution < -0.4 is 10.1 Å². The van der Waals surface area contributed by atoms with E-state index >= 15 is 0 Å². The Morgan fingerprint density at radius 3 is 2.68 bits per heavy atom. The quantitative estimate of drug-likeness (QED) is 0.557. The standard InChI is InChI=1S/C23H32B3N5O3/c1-22(2,3)34-21(32)30-11-6-7-15(30)13-27-19-10-12-31-20(29-19)17(14-28-31)16-8-4-5-9-18(16)33-23(24,25)26/h4-5,8-10,12,14-15H,6-7,11,13,24-26H2,1-3H3,(H,27,29)/t15-/m0/s1. The first-order chi connectivity index (χ1) is 16.0. The van der Waals surface area contributed by atoms with E-state index in [0.717, 1.165) is 41.2 Å². The molecule has 2 aromatic heterocycles. The maximum absolute atomic E-state index is 12.6. The predicted molar refractivity (Wildman–Crippen MR) is 142 cm³/mol. The lowest BCUT2D eigenvalue weighted by atomic mass is 9.52. The van der Waals surface area contributed by atoms with Gasteiger partial charge in [0, 0.05) is 30.1 Å². The second-order valence-electron chi connectivity index (χ2n) is 10.7. The summed E-state index contributed by atoms with van der Waals surface area (Å²) in [5.41, 5.74) is 2.09. The van der Waals surface area contributed by atoms with E-state index in [1.54, 1.807) is 4.52 Å². The summed E-state index contributed by atoms with van der Waals surface area (Å²) < 4.78 is 13.5. The lowest BCUT2D eigenvalue weighted by molar-refractivity contribution is 0.0235. The van der Waals surface area contributed by atoms with Crippen molar-refractivity contribution in [1.82, 2.24) is 19.5 Å². The number of amides is 1. The van der Waals surface area contributed by atoms with Crippen molar-refractivity contribution < 1.29 is 14.3 Å². The number of rotatable bonds is 6. The molecule has 1 aliphatic heterocycles. The Labute approximate surface area is 203 Å². The first kappa shape index (κ1) is 24.0. The van der Waals surface area contributed by atoms with Gasteiger partial charge in [-0.2, -0.15) is 5.10 Å². The van der Waals surface area contributed by atoms with Gasteiger partial charge in [-0.3, -0.25) is 0 Å². The number of aromatic nitrogens is 3. The average Bonchev–Trinajstić information content (AvgIpc) is 3.37. The van der Waals surface area contributed by atoms with Crippen molar-refractivity contribution in [3.05, 3.63) is 42.7 Å². The molecule has 3 aromatic rings. The number of carbonyl (C=O) groups excluding carboxylic acids is 1. The molecule has 4 rings (SSSR count). The zero-order valence-electron chi connectivity index (χ0n) is 21.0. The fraction of sp³-hybridized carbons (Fsp3) is 0.435. The largest absolute Gasteiger partial charge is 0.513 e. The summed E-state index contributed by atoms with van der Waals surface area (Å²) in [5, 5.41) is 7.58. The van der Waals surface area contributed by atoms with E-state index < -0.39 is 5.60 Å². The molecule has 1 amide bonds. The number of ether oxygens (including phenoxy) is 2. The minimum absolute atomic E-state index is 0.0677. The van der Waals surface area contributed by atoms with Crippen molar-refractivity contribution in [3.63, 3.8) is 0 Å². The Hall–Kier alpha value is -3.10. The van der Waals surface area contributed by atoms with Gasteiger partial charge < -0.3 is 19.7 Å². The summed E-state index contributed by atoms with van der Waals surface area (Å²) in [6, 6.07) is 9.91. The molecule has 1 N–H and O–H groups in total. The van der Waals surface area contributed by atoms with Gasteiger partial charge in [-0.05, 0) is 45.7 Å². The van der Waals surface area contributed by atoms with Gasteiger partial charge in [0.25, 0.3) is 0 Å². The molecule has 0 saturated carbocycles. The van der Waals surface area contributed by atoms with Gasteiger partial charge >= 0.3 is 6.09 Å². The molecule has 1 fully saturated rings. The van der Waals surface area contributed by atoms with Crippen LogP contribution in [0.4, 0.5) is 10.6 Å². The molecule has 176 valence electrons. The third-order valence-corrected chi connectivity index (χ3v) is 5.49. The maximum Gasteiger partial charge on any atom is 0.410 e. The van der Waals surface area contributed by atoms with E-state index in [0.29, 0.717) is 13.1 Å². The number of fused-ring (bicyclic) bond motifs is 1. The first-order valence-electron chi connectivity index (χ1n) is 11.9. The molecule has 1 atom stereocenters. The topological polar surface area (TPSA) is 81.0 Å². The minimum atomic E-state index is -0.504. The summed E-state index contributed by atoms with van der Waals surface area (Å²) in [5.74, 6) is 1.53. The van der Waals surface area contributed by atoms with Crippen LogP contribution in [0.1, 0.15) is 33.6 Å². The van der Waals surface area contributed by atoms with Crippen molar-refractivity contribution in [3.8, 4) is 16.9 Å². The van der Waals surface area contributed by atoms with Gasteiger partial charge in [0.15, 0.2) is 5.65 Å². The van der Waals surface area contributed by atoms with Crippen LogP contribution in [-0.4, -0.2) is 79.2 Å². The van der Waals surface area contributed by atoms with Crippen LogP contribution in [0, 0.1) is 0 Å². The second kappa shape index (κ2) is 9.27. The highest BCUT2D eigenvalue weighted by Crippen LogP contribution is 2.33. The molecule has 34 heavy (non-hydrogen) atoms. The average molecular weight is 459 g/mol. The zero-order valence-corrected chi connectivity index (χ0v) is 21.0. The number of nitrogens with zero attached hydrogens (tertiary/aromatic N) is 4. The first-order valence-corrected chi connectivity index (χ1v) is 11.9. The van der Waals surface area contributed by atoms with Crippen LogP contribution in [0.5, 0.6) is 5.75 Å². The number of anilines is 1. The van der Waals surface area contributed by atoms with Crippen LogP contribution in [0.25, 0.3) is 16.8 Å². The summed E-state index contributed by atoms with van der Waals surface area (Å²) in [7, 11) is 6.09. The van der Waals surface area contributed by atoms with E-state index in [9.17, 15) is 4.79 Å². The van der Waals surface area contributed by atoms with E-state index in [1.807, 2.05) is 91.9 Å². The molecule has 3 heterocycles. The molecule has 0 aliphatic carbocycles. The number of hydrogen-bond donors (Lipinski definition) is 1. The van der Waals surface area contributed by atoms with Gasteiger partial charge in [-0.25, -0.2) is 14.3 Å². The van der Waals surface area contributed by atoms with Gasteiger partial charge in [0.2, 0.25) is 0 Å². The number of para-hydroxylation sites is 1. The molecular weight excluding hydrogens is 427 g/mol. The van der Waals surface area contributed by atoms with Crippen molar-refractivity contribution in [2.24, 2.45) is 0 Å². The van der Waals surface area contributed by atoms with Gasteiger partial charge in [-0.15, -0.1) is 0 Å². The molecule has 0 unspecified atom stereocenters. The summed E-state index contributed by atoms with van der Waals surface area (Å²) in [6.07, 6.45) is 5.35. The van der Waals surface area contributed by atoms with E-state index in [1.165, 1.54) is 0 Å². The summed E-state index contributed by atoms with van der Waals surface area (Å²) >= 11 is 0. The molecule has 8 nitrogen and oxygen atoms in total. The van der Waals surface area contributed by atoms with Crippen LogP contribution in [0.3, 0.4) is 0 Å². The van der Waals surface area contributed by atoms with Crippen LogP contribution in [0.15, 0.2) is 42.7 Å². The molecule has 0 radical (unpaired) electrons. The normalized spacial score (nSPS) is 16.6. The minimum Gasteiger partial charge on any atom is -0.513 e. The number of likely N-dealkylation sites (tertiary alicyclic amines) is 1. The molecule has 0 spiro atoms. The highest BCUT2D eigenvalue weighted by atomic mass is 16.6. The van der Waals surface area contributed by atoms with Crippen LogP contribution in [0.2, 0.25) is 0 Å². The predicted octanol–water partition coefficient (Wildman–Crippen LogP) is 1.10. The number of benzene rings is 1. The molecule has 1 saturated heterocycles. The number of nitrogens with one attached hydrogen (secondary N) is 1. The Balaban J connectivity index is 1.53. The summed E-state index contributed by atoms with van der Waals surface area (Å²) in [6.45, 7) is 6.99. The lowest BCUT2D eigenvalue weighted by Crippen LogP contribution is -2.42. The fourth-order valence-corrected chi connectivity index (χ4v) is 4.10. The Bertz CT molecular complexity index is 1170. The monoisotopic (exact) mass is 459 g/mol. The Morgan fingerprint density at radius 1 is 1.18 bits per heavy atom. The van der Waals surface area contributed by atoms with Crippen molar-refractivity contribution >= 4 is 41.1 Å². The zero-order chi connectivity index (χ0) is 24.5. The second-order valence-corrected chi connectivity index (χ2v) is 10.7. The molecule has 1 aromatic carbocycles. The van der Waals surface area contributed by atoms with Crippen LogP contribution >= 0.6 is 0 Å². The molecule has 1 aliphatic rings. The molecular formula is C23H32B3N5O3. The fourth-order valence-electron chi connectivity index (χ4n) is 4.10. The van der Waals surface area contributed by atoms with Crippen molar-refractivity contribution in [2.75, 3.05) is 18.4 Å². The van der Waals surface area contributed by atoms with Gasteiger partial charge in [0.05, 0.1) is 17.8 Å². The summed E-state index contributed by atoms with van der Waals surface area (Å²) in [4.78, 5) is 19.3. The van der Waals surface area contributed by atoms with Crippen molar-refractivity contribution in [1.29, 1.82) is 0 Å². The van der Waals surface area contributed by atoms with E-state index in [2.05, 4.69) is 10.4 Å². The van der Waals surface area contributed by atoms with E-state index in [4.69, 9.17) is 14.5 Å². The number of hydrogen-bond acceptors (Lipinski definition) is 6. The third-order valence-electron chi connectivity index (χ3n) is 5.49. The smallest absolute Gasteiger partial charge is 0.410 e. The maximum atomic E-state index is 12.6. The Morgan fingerprint density at radius 2 is 1.94 bits per heavy atom. The molecule has 11 heteroatoms. The SMILES string of the molecule is BC(B)(B)Oc1ccccc1-c1cnn2ccc(NC[C@@H]3CCCN3C(=O)OC(C)(C)C)nc12. The highest BCUT2D eigenvalue weighted by molar-refractivity contribution is 6.58. The van der Waals surface area contributed by atoms with Gasteiger partial charge in [0.1, 0.15) is 40.7 Å². The van der Waals surface area contributed by atoms with Crippen molar-refractivity contribution in [2.45, 2.75) is 50.6 Å². The van der Waals surface area contributed by atoms with Crippen LogP contribution in [-0.2, 0) is 4.74 Å². The highest BCUT2D eigenvalue weighted by Gasteiger charge is 2.32. The van der Waals surface area contributed by atoms with E-state index in [-0.39, 0.29) is 17.4 Å². The number of carbonyl (C=O) groups is 1. The van der Waals surface area contributed by atoms with Gasteiger partial charge in [-0.1, -0.05) is 18.2 Å². The Kier molecular flexibility index (Phi) is 6.56. The lowest BCUT2D eigenvalue weighted by Gasteiger charge is -2.28. The molecule has 0 bridgehead atoms.